The van der Waals surface area contributed by atoms with Crippen molar-refractivity contribution in [2.24, 2.45) is 0 Å². The quantitative estimate of drug-likeness (QED) is 0.861. The highest BCUT2D eigenvalue weighted by Gasteiger charge is 2.48. The molecule has 1 unspecified atom stereocenters. The van der Waals surface area contributed by atoms with Crippen molar-refractivity contribution in [3.05, 3.63) is 35.4 Å². The highest BCUT2D eigenvalue weighted by molar-refractivity contribution is 5.42. The molecule has 1 aromatic carbocycles. The lowest BCUT2D eigenvalue weighted by Crippen LogP contribution is -2.53. The minimum atomic E-state index is -2.38. The maximum Gasteiger partial charge on any atom is 0.260 e. The summed E-state index contributed by atoms with van der Waals surface area (Å²) in [6, 6.07) is 7.68. The van der Waals surface area contributed by atoms with E-state index in [4.69, 9.17) is 0 Å². The molecule has 1 aromatic rings. The van der Waals surface area contributed by atoms with E-state index in [2.05, 4.69) is 19.2 Å². The summed E-state index contributed by atoms with van der Waals surface area (Å²) in [7, 11) is 0. The van der Waals surface area contributed by atoms with Crippen LogP contribution in [0.1, 0.15) is 51.2 Å². The summed E-state index contributed by atoms with van der Waals surface area (Å²) < 4.78 is 27.5. The molecule has 106 valence electrons. The van der Waals surface area contributed by atoms with Gasteiger partial charge in [0.25, 0.3) is 6.43 Å². The second-order valence-electron chi connectivity index (χ2n) is 6.13. The molecule has 0 radical (unpaired) electrons. The molecule has 1 nitrogen and oxygen atoms in total. The lowest BCUT2D eigenvalue weighted by molar-refractivity contribution is 0.0100. The van der Waals surface area contributed by atoms with Crippen LogP contribution in [0, 0.1) is 0 Å². The summed E-state index contributed by atoms with van der Waals surface area (Å²) in [5.41, 5.74) is 0.658. The van der Waals surface area contributed by atoms with Gasteiger partial charge in [-0.3, -0.25) is 0 Å². The minimum Gasteiger partial charge on any atom is -0.303 e. The van der Waals surface area contributed by atoms with Crippen LogP contribution in [-0.2, 0) is 11.0 Å². The number of benzene rings is 1. The molecule has 1 N–H and O–H groups in total. The largest absolute Gasteiger partial charge is 0.303 e. The van der Waals surface area contributed by atoms with Gasteiger partial charge in [0.2, 0.25) is 0 Å². The van der Waals surface area contributed by atoms with E-state index in [0.29, 0.717) is 13.0 Å². The Kier molecular flexibility index (Phi) is 3.95. The van der Waals surface area contributed by atoms with E-state index in [1.54, 1.807) is 0 Å². The van der Waals surface area contributed by atoms with Gasteiger partial charge in [-0.05, 0) is 42.3 Å². The zero-order valence-electron chi connectivity index (χ0n) is 12.0. The van der Waals surface area contributed by atoms with Crippen molar-refractivity contribution < 1.29 is 8.78 Å². The van der Waals surface area contributed by atoms with Crippen LogP contribution in [0.2, 0.25) is 0 Å². The van der Waals surface area contributed by atoms with Crippen LogP contribution in [0.25, 0.3) is 0 Å². The van der Waals surface area contributed by atoms with E-state index in [0.717, 1.165) is 24.0 Å². The number of rotatable bonds is 4. The second kappa shape index (κ2) is 5.20. The predicted molar refractivity (Wildman–Crippen MR) is 74.7 cm³/mol. The molecule has 0 saturated heterocycles. The van der Waals surface area contributed by atoms with Crippen molar-refractivity contribution >= 4 is 0 Å². The molecule has 2 rings (SSSR count). The molecule has 0 amide bonds. The van der Waals surface area contributed by atoms with Gasteiger partial charge in [-0.25, -0.2) is 8.78 Å². The summed E-state index contributed by atoms with van der Waals surface area (Å²) in [6.07, 6.45) is -0.240. The first-order valence-electron chi connectivity index (χ1n) is 7.07. The summed E-state index contributed by atoms with van der Waals surface area (Å²) in [5, 5.41) is 3.13. The van der Waals surface area contributed by atoms with Crippen LogP contribution < -0.4 is 5.32 Å². The third-order valence-electron chi connectivity index (χ3n) is 4.34. The van der Waals surface area contributed by atoms with Crippen molar-refractivity contribution in [1.82, 2.24) is 5.32 Å². The fourth-order valence-corrected chi connectivity index (χ4v) is 3.08. The molecular weight excluding hydrogens is 244 g/mol. The van der Waals surface area contributed by atoms with Crippen molar-refractivity contribution in [1.29, 1.82) is 0 Å². The van der Waals surface area contributed by atoms with E-state index in [-0.39, 0.29) is 5.41 Å². The third-order valence-corrected chi connectivity index (χ3v) is 4.34. The summed E-state index contributed by atoms with van der Waals surface area (Å²) in [5.74, 6) is 0. The Morgan fingerprint density at radius 3 is 2.37 bits per heavy atom. The van der Waals surface area contributed by atoms with Crippen molar-refractivity contribution in [2.75, 3.05) is 6.54 Å². The molecule has 1 aliphatic rings. The zero-order valence-corrected chi connectivity index (χ0v) is 12.0. The fourth-order valence-electron chi connectivity index (χ4n) is 3.08. The molecule has 19 heavy (non-hydrogen) atoms. The standard InChI is InChI=1S/C16H23F2N/c1-4-11-19-16(14(17)18)10-9-15(2,3)12-7-5-6-8-13(12)16/h5-8,14,19H,4,9-11H2,1-3H3. The lowest BCUT2D eigenvalue weighted by atomic mass is 9.65. The molecule has 0 bridgehead atoms. The van der Waals surface area contributed by atoms with Gasteiger partial charge in [-0.15, -0.1) is 0 Å². The van der Waals surface area contributed by atoms with E-state index in [1.165, 1.54) is 0 Å². The Morgan fingerprint density at radius 1 is 1.16 bits per heavy atom. The van der Waals surface area contributed by atoms with E-state index < -0.39 is 12.0 Å². The summed E-state index contributed by atoms with van der Waals surface area (Å²) in [4.78, 5) is 0. The smallest absolute Gasteiger partial charge is 0.260 e. The fraction of sp³-hybridized carbons (Fsp3) is 0.625. The van der Waals surface area contributed by atoms with Gasteiger partial charge in [0.05, 0.1) is 0 Å². The maximum atomic E-state index is 13.8. The normalized spacial score (nSPS) is 25.4. The average Bonchev–Trinajstić information content (AvgIpc) is 2.38. The number of hydrogen-bond donors (Lipinski definition) is 1. The number of halogens is 2. The van der Waals surface area contributed by atoms with Crippen LogP contribution in [0.4, 0.5) is 8.78 Å². The van der Waals surface area contributed by atoms with Gasteiger partial charge in [0, 0.05) is 0 Å². The van der Waals surface area contributed by atoms with Crippen LogP contribution in [0.15, 0.2) is 24.3 Å². The highest BCUT2D eigenvalue weighted by atomic mass is 19.3. The molecule has 0 saturated carbocycles. The molecule has 0 aromatic heterocycles. The maximum absolute atomic E-state index is 13.8. The monoisotopic (exact) mass is 267 g/mol. The van der Waals surface area contributed by atoms with Gasteiger partial charge in [-0.2, -0.15) is 0 Å². The zero-order chi connectivity index (χ0) is 14.1. The van der Waals surface area contributed by atoms with Crippen molar-refractivity contribution in [3.8, 4) is 0 Å². The topological polar surface area (TPSA) is 12.0 Å². The van der Waals surface area contributed by atoms with E-state index >= 15 is 0 Å². The first-order valence-corrected chi connectivity index (χ1v) is 7.07. The molecule has 1 aliphatic carbocycles. The number of nitrogens with one attached hydrogen (secondary N) is 1. The Labute approximate surface area is 114 Å². The first kappa shape index (κ1) is 14.4. The van der Waals surface area contributed by atoms with Crippen molar-refractivity contribution in [2.45, 2.75) is 57.4 Å². The van der Waals surface area contributed by atoms with Crippen molar-refractivity contribution in [3.63, 3.8) is 0 Å². The van der Waals surface area contributed by atoms with Crippen LogP contribution >= 0.6 is 0 Å². The minimum absolute atomic E-state index is 0.0249. The molecular formula is C16H23F2N. The van der Waals surface area contributed by atoms with Crippen LogP contribution in [0.5, 0.6) is 0 Å². The van der Waals surface area contributed by atoms with Gasteiger partial charge in [0.1, 0.15) is 5.54 Å². The number of hydrogen-bond acceptors (Lipinski definition) is 1. The van der Waals surface area contributed by atoms with Gasteiger partial charge in [0.15, 0.2) is 0 Å². The van der Waals surface area contributed by atoms with Crippen LogP contribution in [0.3, 0.4) is 0 Å². The number of alkyl halides is 2. The van der Waals surface area contributed by atoms with Gasteiger partial charge >= 0.3 is 0 Å². The first-order chi connectivity index (χ1) is 8.94. The highest BCUT2D eigenvalue weighted by Crippen LogP contribution is 2.47. The summed E-state index contributed by atoms with van der Waals surface area (Å²) >= 11 is 0. The summed E-state index contributed by atoms with van der Waals surface area (Å²) in [6.45, 7) is 6.91. The molecule has 0 fully saturated rings. The SMILES string of the molecule is CCCNC1(C(F)F)CCC(C)(C)c2ccccc21. The molecule has 0 aliphatic heterocycles. The van der Waals surface area contributed by atoms with Gasteiger partial charge in [-0.1, -0.05) is 45.0 Å². The second-order valence-corrected chi connectivity index (χ2v) is 6.13. The molecule has 3 heteroatoms. The Morgan fingerprint density at radius 2 is 1.79 bits per heavy atom. The van der Waals surface area contributed by atoms with Crippen LogP contribution in [-0.4, -0.2) is 13.0 Å². The predicted octanol–water partition coefficient (Wildman–Crippen LogP) is 4.22. The molecule has 1 atom stereocenters. The van der Waals surface area contributed by atoms with E-state index in [1.807, 2.05) is 31.2 Å². The Bertz CT molecular complexity index is 442. The lowest BCUT2D eigenvalue weighted by Gasteiger charge is -2.45. The third kappa shape index (κ3) is 2.40. The van der Waals surface area contributed by atoms with E-state index in [9.17, 15) is 8.78 Å². The number of fused-ring (bicyclic) bond motifs is 1. The molecule has 0 spiro atoms. The average molecular weight is 267 g/mol. The Hall–Kier alpha value is -0.960. The van der Waals surface area contributed by atoms with Gasteiger partial charge < -0.3 is 5.32 Å². The molecule has 0 heterocycles. The Balaban J connectivity index is 2.52.